The predicted molar refractivity (Wildman–Crippen MR) is 29.5 cm³/mol. The van der Waals surface area contributed by atoms with Crippen molar-refractivity contribution in [2.24, 2.45) is 0 Å². The minimum atomic E-state index is -4.34. The van der Waals surface area contributed by atoms with Crippen molar-refractivity contribution >= 4 is 7.82 Å². The molecule has 0 spiro atoms. The van der Waals surface area contributed by atoms with Crippen LogP contribution in [0.15, 0.2) is 0 Å². The van der Waals surface area contributed by atoms with Crippen LogP contribution in [0.3, 0.4) is 0 Å². The molecule has 3 N–H and O–H groups in total. The molecule has 0 saturated carbocycles. The molecule has 0 unspecified atom stereocenters. The minimum absolute atomic E-state index is 0. The summed E-state index contributed by atoms with van der Waals surface area (Å²) in [6, 6.07) is 0. The minimum Gasteiger partial charge on any atom is -1.00 e. The Morgan fingerprint density at radius 3 is 1.58 bits per heavy atom. The molecule has 0 aromatic heterocycles. The second-order valence-electron chi connectivity index (χ2n) is 1.05. The van der Waals surface area contributed by atoms with E-state index in [1.54, 1.807) is 0 Å². The summed E-state index contributed by atoms with van der Waals surface area (Å²) in [5.41, 5.74) is 0. The van der Waals surface area contributed by atoms with Gasteiger partial charge in [0.25, 0.3) is 0 Å². The molecule has 10 heteroatoms. The molecule has 12 heavy (non-hydrogen) atoms. The van der Waals surface area contributed by atoms with Crippen LogP contribution in [0.1, 0.15) is 5.71 Å². The van der Waals surface area contributed by atoms with E-state index in [2.05, 4.69) is 4.52 Å². The van der Waals surface area contributed by atoms with Gasteiger partial charge >= 0.3 is 213 Å². The zero-order valence-corrected chi connectivity index (χ0v) is 21.4. The monoisotopic (exact) mass is 302 g/mol. The van der Waals surface area contributed by atoms with E-state index < -0.39 is 7.82 Å². The number of hydrogen-bond acceptors (Lipinski definition) is 3. The van der Waals surface area contributed by atoms with Crippen molar-refractivity contribution in [2.75, 3.05) is 13.2 Å². The van der Waals surface area contributed by atoms with Gasteiger partial charge in [0.2, 0.25) is 0 Å². The Kier molecular flexibility index (Phi) is 51.8. The first kappa shape index (κ1) is 31.2. The van der Waals surface area contributed by atoms with Gasteiger partial charge in [0, 0.05) is 0 Å². The van der Waals surface area contributed by atoms with Gasteiger partial charge < -0.3 is 20.6 Å². The largest absolute Gasteiger partial charge is 1.00 e. The molecule has 0 aromatic rings. The summed E-state index contributed by atoms with van der Waals surface area (Å²) in [4.78, 5) is 15.9. The SMILES string of the molecule is O=P(O)(O)OCCO.[H-].[H-].[H-].[H-].[K+].[K+].[K+].[K+]. The number of phosphoric ester groups is 1. The van der Waals surface area contributed by atoms with E-state index in [1.807, 2.05) is 0 Å². The van der Waals surface area contributed by atoms with Gasteiger partial charge in [-0.3, -0.25) is 4.52 Å². The molecular weight excluding hydrogens is 291 g/mol. The Morgan fingerprint density at radius 2 is 1.50 bits per heavy atom. The van der Waals surface area contributed by atoms with Gasteiger partial charge in [-0.25, -0.2) is 4.57 Å². The molecule has 0 aromatic carbocycles. The van der Waals surface area contributed by atoms with E-state index >= 15 is 0 Å². The molecule has 0 bridgehead atoms. The van der Waals surface area contributed by atoms with Crippen molar-refractivity contribution in [1.82, 2.24) is 0 Å². The second-order valence-corrected chi connectivity index (χ2v) is 2.29. The zero-order chi connectivity index (χ0) is 6.62. The summed E-state index contributed by atoms with van der Waals surface area (Å²) < 4.78 is 13.5. The van der Waals surface area contributed by atoms with Crippen LogP contribution in [0, 0.1) is 0 Å². The standard InChI is InChI=1S/C2H7O5P.4K.4H/c3-1-2-7-8(4,5)6;;;;;;;;/h3H,1-2H2,(H2,4,5,6);;;;;;;;/q;4*+1;4*-1. The molecule has 0 aliphatic rings. The summed E-state index contributed by atoms with van der Waals surface area (Å²) in [6.45, 7) is -0.713. The maximum atomic E-state index is 9.75. The Hall–Kier alpha value is 6.62. The van der Waals surface area contributed by atoms with Gasteiger partial charge in [-0.15, -0.1) is 0 Å². The zero-order valence-electron chi connectivity index (χ0n) is 12.0. The molecule has 0 radical (unpaired) electrons. The van der Waals surface area contributed by atoms with Crippen LogP contribution < -0.4 is 206 Å². The smallest absolute Gasteiger partial charge is 1.00 e. The molecule has 0 fully saturated rings. The summed E-state index contributed by atoms with van der Waals surface area (Å²) in [5.74, 6) is 0. The van der Waals surface area contributed by atoms with Crippen LogP contribution in [-0.2, 0) is 9.09 Å². The van der Waals surface area contributed by atoms with E-state index in [0.717, 1.165) is 0 Å². The topological polar surface area (TPSA) is 87.0 Å². The van der Waals surface area contributed by atoms with Crippen LogP contribution >= 0.6 is 7.82 Å². The Morgan fingerprint density at radius 1 is 1.17 bits per heavy atom. The van der Waals surface area contributed by atoms with Crippen molar-refractivity contribution in [3.8, 4) is 0 Å². The maximum absolute atomic E-state index is 9.75. The summed E-state index contributed by atoms with van der Waals surface area (Å²) in [5, 5.41) is 7.96. The van der Waals surface area contributed by atoms with E-state index in [4.69, 9.17) is 14.9 Å². The fourth-order valence-electron chi connectivity index (χ4n) is 0.160. The normalized spacial score (nSPS) is 7.92. The Bertz CT molecular complexity index is 119. The first-order chi connectivity index (χ1) is 3.56. The van der Waals surface area contributed by atoms with Crippen LogP contribution in [0.25, 0.3) is 0 Å². The second kappa shape index (κ2) is 19.9. The Labute approximate surface area is 248 Å². The van der Waals surface area contributed by atoms with E-state index in [-0.39, 0.29) is 224 Å². The molecule has 0 aliphatic heterocycles. The van der Waals surface area contributed by atoms with Gasteiger partial charge in [0.05, 0.1) is 13.2 Å². The van der Waals surface area contributed by atoms with Gasteiger partial charge in [-0.1, -0.05) is 0 Å². The average Bonchev–Trinajstić information content (AvgIpc) is 1.59. The summed E-state index contributed by atoms with van der Waals surface area (Å²) in [7, 11) is -4.34. The molecule has 0 atom stereocenters. The third-order valence-corrected chi connectivity index (χ3v) is 0.870. The van der Waals surface area contributed by atoms with Crippen molar-refractivity contribution in [3.05, 3.63) is 0 Å². The van der Waals surface area contributed by atoms with Gasteiger partial charge in [-0.05, 0) is 0 Å². The third-order valence-electron chi connectivity index (χ3n) is 0.351. The van der Waals surface area contributed by atoms with Crippen molar-refractivity contribution in [2.45, 2.75) is 0 Å². The quantitative estimate of drug-likeness (QED) is 0.356. The molecule has 0 aliphatic carbocycles. The number of hydrogen-bond donors (Lipinski definition) is 3. The molecule has 0 amide bonds. The van der Waals surface area contributed by atoms with Crippen LogP contribution in [0.5, 0.6) is 0 Å². The fourth-order valence-corrected chi connectivity index (χ4v) is 0.479. The average molecular weight is 302 g/mol. The van der Waals surface area contributed by atoms with Gasteiger partial charge in [0.15, 0.2) is 0 Å². The van der Waals surface area contributed by atoms with Crippen molar-refractivity contribution < 1.29 is 235 Å². The predicted octanol–water partition coefficient (Wildman–Crippen LogP) is -12.4. The van der Waals surface area contributed by atoms with E-state index in [1.165, 1.54) is 0 Å². The number of aliphatic hydroxyl groups is 1. The summed E-state index contributed by atoms with van der Waals surface area (Å²) >= 11 is 0. The number of aliphatic hydroxyl groups excluding tert-OH is 1. The van der Waals surface area contributed by atoms with Crippen LogP contribution in [0.4, 0.5) is 0 Å². The molecule has 5 nitrogen and oxygen atoms in total. The fraction of sp³-hybridized carbons (Fsp3) is 1.00. The molecule has 0 heterocycles. The van der Waals surface area contributed by atoms with Crippen LogP contribution in [0.2, 0.25) is 0 Å². The Balaban J connectivity index is -0.00000000875. The number of phosphoric acid groups is 1. The van der Waals surface area contributed by atoms with Crippen molar-refractivity contribution in [1.29, 1.82) is 0 Å². The molecule has 58 valence electrons. The molecule has 0 rings (SSSR count). The first-order valence-electron chi connectivity index (χ1n) is 1.87. The molecule has 0 saturated heterocycles. The summed E-state index contributed by atoms with van der Waals surface area (Å²) in [6.07, 6.45) is 0. The number of rotatable bonds is 3. The van der Waals surface area contributed by atoms with Crippen LogP contribution in [-0.4, -0.2) is 28.1 Å². The van der Waals surface area contributed by atoms with Gasteiger partial charge in [-0.2, -0.15) is 0 Å². The third kappa shape index (κ3) is 30.0. The maximum Gasteiger partial charge on any atom is 1.00 e. The van der Waals surface area contributed by atoms with Gasteiger partial charge in [0.1, 0.15) is 0 Å². The van der Waals surface area contributed by atoms with Crippen molar-refractivity contribution in [3.63, 3.8) is 0 Å². The van der Waals surface area contributed by atoms with E-state index in [9.17, 15) is 4.57 Å². The van der Waals surface area contributed by atoms with E-state index in [0.29, 0.717) is 0 Å². The molecular formula is C2H11K4O5P. The first-order valence-corrected chi connectivity index (χ1v) is 3.40.